The number of nitrogens with one attached hydrogen (secondary N) is 2. The monoisotopic (exact) mass is 410 g/mol. The first-order valence-electron chi connectivity index (χ1n) is 8.31. The van der Waals surface area contributed by atoms with Gasteiger partial charge in [0.1, 0.15) is 5.84 Å². The van der Waals surface area contributed by atoms with Crippen LogP contribution in [0.3, 0.4) is 0 Å². The van der Waals surface area contributed by atoms with Crippen molar-refractivity contribution in [3.63, 3.8) is 0 Å². The quantitative estimate of drug-likeness (QED) is 0.363. The number of ether oxygens (including phenoxy) is 1. The van der Waals surface area contributed by atoms with Crippen molar-refractivity contribution in [1.29, 1.82) is 5.41 Å². The number of nitrogens with two attached hydrogens (primary N) is 1. The van der Waals surface area contributed by atoms with Crippen molar-refractivity contribution in [1.82, 2.24) is 4.31 Å². The van der Waals surface area contributed by atoms with Gasteiger partial charge >= 0.3 is 0 Å². The van der Waals surface area contributed by atoms with Crippen molar-refractivity contribution in [2.45, 2.75) is 11.0 Å². The maximum absolute atomic E-state index is 13.8. The molecule has 0 aliphatic carbocycles. The van der Waals surface area contributed by atoms with Crippen molar-refractivity contribution in [2.75, 3.05) is 32.6 Å². The van der Waals surface area contributed by atoms with Crippen LogP contribution in [0.25, 0.3) is 0 Å². The molecule has 0 amide bonds. The molecule has 5 N–H and O–H groups in total. The fourth-order valence-electron chi connectivity index (χ4n) is 2.45. The van der Waals surface area contributed by atoms with E-state index in [-0.39, 0.29) is 29.6 Å². The molecule has 1 unspecified atom stereocenters. The Bertz CT molecular complexity index is 935. The number of nitrogen functional groups attached to an aromatic ring is 1. The van der Waals surface area contributed by atoms with Crippen LogP contribution in [-0.2, 0) is 10.0 Å². The predicted molar refractivity (Wildman–Crippen MR) is 105 cm³/mol. The lowest BCUT2D eigenvalue weighted by Crippen LogP contribution is -2.37. The van der Waals surface area contributed by atoms with E-state index in [0.29, 0.717) is 11.3 Å². The van der Waals surface area contributed by atoms with Crippen LogP contribution in [0.5, 0.6) is 5.75 Å². The standard InChI is InChI=1S/C18H23FN4O4S/c1-23(28(25,26)15-7-8-17(27-2)16(19)9-15)11-14(24)10-22-13-5-3-12(4-6-13)18(20)21/h3-9,14,22,24H,10-11H2,1-2H3,(H3,20,21). The zero-order valence-electron chi connectivity index (χ0n) is 15.5. The first kappa shape index (κ1) is 21.6. The second kappa shape index (κ2) is 9.00. The summed E-state index contributed by atoms with van der Waals surface area (Å²) >= 11 is 0. The van der Waals surface area contributed by atoms with Gasteiger partial charge in [0.05, 0.1) is 18.1 Å². The molecule has 2 aromatic rings. The van der Waals surface area contributed by atoms with E-state index in [1.165, 1.54) is 26.3 Å². The number of hydrogen-bond acceptors (Lipinski definition) is 6. The lowest BCUT2D eigenvalue weighted by atomic mass is 10.2. The molecule has 0 bridgehead atoms. The number of anilines is 1. The highest BCUT2D eigenvalue weighted by Crippen LogP contribution is 2.22. The van der Waals surface area contributed by atoms with Crippen LogP contribution >= 0.6 is 0 Å². The largest absolute Gasteiger partial charge is 0.494 e. The van der Waals surface area contributed by atoms with Crippen LogP contribution in [0.2, 0.25) is 0 Å². The van der Waals surface area contributed by atoms with Gasteiger partial charge in [-0.1, -0.05) is 0 Å². The van der Waals surface area contributed by atoms with Gasteiger partial charge in [0.25, 0.3) is 0 Å². The number of rotatable bonds is 9. The third kappa shape index (κ3) is 5.18. The molecular formula is C18H23FN4O4S. The summed E-state index contributed by atoms with van der Waals surface area (Å²) in [5, 5.41) is 20.5. The Labute approximate surface area is 163 Å². The van der Waals surface area contributed by atoms with Gasteiger partial charge in [0.15, 0.2) is 11.6 Å². The third-order valence-corrected chi connectivity index (χ3v) is 5.86. The molecule has 28 heavy (non-hydrogen) atoms. The molecule has 0 heterocycles. The van der Waals surface area contributed by atoms with Crippen molar-refractivity contribution in [3.05, 3.63) is 53.8 Å². The lowest BCUT2D eigenvalue weighted by Gasteiger charge is -2.21. The molecule has 0 aliphatic heterocycles. The summed E-state index contributed by atoms with van der Waals surface area (Å²) in [6, 6.07) is 10.1. The van der Waals surface area contributed by atoms with E-state index < -0.39 is 21.9 Å². The highest BCUT2D eigenvalue weighted by atomic mass is 32.2. The molecule has 10 heteroatoms. The van der Waals surface area contributed by atoms with E-state index in [2.05, 4.69) is 5.32 Å². The van der Waals surface area contributed by atoms with Crippen LogP contribution in [0.4, 0.5) is 10.1 Å². The number of nitrogens with zero attached hydrogens (tertiary/aromatic N) is 1. The summed E-state index contributed by atoms with van der Waals surface area (Å²) in [7, 11) is -1.37. The fraction of sp³-hybridized carbons (Fsp3) is 0.278. The first-order valence-corrected chi connectivity index (χ1v) is 9.75. The summed E-state index contributed by atoms with van der Waals surface area (Å²) < 4.78 is 44.6. The van der Waals surface area contributed by atoms with Crippen molar-refractivity contribution in [3.8, 4) is 5.75 Å². The Balaban J connectivity index is 1.97. The minimum absolute atomic E-state index is 0.0478. The Kier molecular flexibility index (Phi) is 6.95. The smallest absolute Gasteiger partial charge is 0.243 e. The molecule has 0 saturated carbocycles. The van der Waals surface area contributed by atoms with Crippen LogP contribution < -0.4 is 15.8 Å². The number of benzene rings is 2. The van der Waals surface area contributed by atoms with E-state index in [1.54, 1.807) is 24.3 Å². The van der Waals surface area contributed by atoms with Crippen molar-refractivity contribution < 1.29 is 22.7 Å². The number of halogens is 1. The molecule has 0 saturated heterocycles. The molecule has 0 fully saturated rings. The second-order valence-corrected chi connectivity index (χ2v) is 8.15. The molecule has 2 rings (SSSR count). The number of hydrogen-bond donors (Lipinski definition) is 4. The van der Waals surface area contributed by atoms with Gasteiger partial charge in [0.2, 0.25) is 10.0 Å². The van der Waals surface area contributed by atoms with Gasteiger partial charge < -0.3 is 20.9 Å². The van der Waals surface area contributed by atoms with Gasteiger partial charge in [-0.25, -0.2) is 12.8 Å². The van der Waals surface area contributed by atoms with Crippen LogP contribution in [0, 0.1) is 11.2 Å². The lowest BCUT2D eigenvalue weighted by molar-refractivity contribution is 0.164. The van der Waals surface area contributed by atoms with Crippen LogP contribution in [0.1, 0.15) is 5.56 Å². The normalized spacial score (nSPS) is 12.6. The number of likely N-dealkylation sites (N-methyl/N-ethyl adjacent to an activating group) is 1. The Morgan fingerprint density at radius 3 is 2.50 bits per heavy atom. The Morgan fingerprint density at radius 2 is 1.96 bits per heavy atom. The predicted octanol–water partition coefficient (Wildman–Crippen LogP) is 1.21. The molecule has 2 aromatic carbocycles. The molecule has 0 aromatic heterocycles. The summed E-state index contributed by atoms with van der Waals surface area (Å²) in [6.07, 6.45) is -1.00. The SMILES string of the molecule is COc1ccc(S(=O)(=O)N(C)CC(O)CNc2ccc(C(=N)N)cc2)cc1F. The summed E-state index contributed by atoms with van der Waals surface area (Å²) in [5.74, 6) is -0.886. The highest BCUT2D eigenvalue weighted by molar-refractivity contribution is 7.89. The zero-order chi connectivity index (χ0) is 20.9. The zero-order valence-corrected chi connectivity index (χ0v) is 16.3. The average molecular weight is 410 g/mol. The van der Waals surface area contributed by atoms with Gasteiger partial charge in [-0.2, -0.15) is 4.31 Å². The van der Waals surface area contributed by atoms with E-state index in [1.807, 2.05) is 0 Å². The average Bonchev–Trinajstić information content (AvgIpc) is 2.66. The number of aliphatic hydroxyl groups is 1. The number of methoxy groups -OCH3 is 1. The number of aliphatic hydroxyl groups excluding tert-OH is 1. The molecule has 0 aliphatic rings. The Hall–Kier alpha value is -2.69. The molecule has 152 valence electrons. The number of amidine groups is 1. The van der Waals surface area contributed by atoms with E-state index in [0.717, 1.165) is 10.4 Å². The van der Waals surface area contributed by atoms with Crippen molar-refractivity contribution in [2.24, 2.45) is 5.73 Å². The van der Waals surface area contributed by atoms with Gasteiger partial charge in [-0.3, -0.25) is 5.41 Å². The summed E-state index contributed by atoms with van der Waals surface area (Å²) in [5.41, 5.74) is 6.64. The minimum Gasteiger partial charge on any atom is -0.494 e. The van der Waals surface area contributed by atoms with Crippen LogP contribution in [-0.4, -0.2) is 57.0 Å². The maximum atomic E-state index is 13.8. The Morgan fingerprint density at radius 1 is 1.32 bits per heavy atom. The summed E-state index contributed by atoms with van der Waals surface area (Å²) in [6.45, 7) is -0.0925. The van der Waals surface area contributed by atoms with E-state index in [9.17, 15) is 17.9 Å². The van der Waals surface area contributed by atoms with E-state index in [4.69, 9.17) is 15.9 Å². The molecule has 8 nitrogen and oxygen atoms in total. The molecule has 1 atom stereocenters. The number of sulfonamides is 1. The third-order valence-electron chi connectivity index (χ3n) is 4.04. The highest BCUT2D eigenvalue weighted by Gasteiger charge is 2.24. The summed E-state index contributed by atoms with van der Waals surface area (Å²) in [4.78, 5) is -0.228. The molecular weight excluding hydrogens is 387 g/mol. The maximum Gasteiger partial charge on any atom is 0.243 e. The van der Waals surface area contributed by atoms with Crippen molar-refractivity contribution >= 4 is 21.5 Å². The van der Waals surface area contributed by atoms with Crippen LogP contribution in [0.15, 0.2) is 47.4 Å². The topological polar surface area (TPSA) is 129 Å². The van der Waals surface area contributed by atoms with Gasteiger partial charge in [-0.15, -0.1) is 0 Å². The van der Waals surface area contributed by atoms with Gasteiger partial charge in [-0.05, 0) is 42.5 Å². The minimum atomic E-state index is -3.97. The second-order valence-electron chi connectivity index (χ2n) is 6.11. The molecule has 0 radical (unpaired) electrons. The fourth-order valence-corrected chi connectivity index (χ4v) is 3.67. The molecule has 0 spiro atoms. The first-order chi connectivity index (χ1) is 13.1. The van der Waals surface area contributed by atoms with E-state index >= 15 is 0 Å². The van der Waals surface area contributed by atoms with Gasteiger partial charge in [0, 0.05) is 31.4 Å².